The smallest absolute Gasteiger partial charge is 0.354 e. The fourth-order valence-corrected chi connectivity index (χ4v) is 5.33. The topological polar surface area (TPSA) is 152 Å². The van der Waals surface area contributed by atoms with Crippen molar-refractivity contribution in [1.29, 1.82) is 0 Å². The van der Waals surface area contributed by atoms with Gasteiger partial charge in [-0.05, 0) is 58.7 Å². The van der Waals surface area contributed by atoms with Gasteiger partial charge in [-0.3, -0.25) is 19.6 Å². The minimum Gasteiger partial charge on any atom is -0.496 e. The summed E-state index contributed by atoms with van der Waals surface area (Å²) in [6.45, 7) is 5.57. The molecule has 1 aromatic carbocycles. The van der Waals surface area contributed by atoms with Crippen LogP contribution in [-0.4, -0.2) is 94.1 Å². The normalized spacial score (nSPS) is 20.0. The quantitative estimate of drug-likeness (QED) is 0.464. The maximum atomic E-state index is 12.9. The number of piperazine rings is 1. The van der Waals surface area contributed by atoms with Gasteiger partial charge in [0.15, 0.2) is 0 Å². The third-order valence-electron chi connectivity index (χ3n) is 7.78. The monoisotopic (exact) mass is 554 g/mol. The molecular weight excluding hydrogens is 512 g/mol. The number of nitrogens with two attached hydrogens (primary N) is 2. The van der Waals surface area contributed by atoms with Crippen LogP contribution in [0.3, 0.4) is 0 Å². The van der Waals surface area contributed by atoms with Crippen LogP contribution in [0, 0.1) is 0 Å². The Morgan fingerprint density at radius 2 is 1.75 bits per heavy atom. The summed E-state index contributed by atoms with van der Waals surface area (Å²) in [7, 11) is 3.74. The van der Waals surface area contributed by atoms with Gasteiger partial charge in [-0.1, -0.05) is 6.07 Å². The molecule has 1 saturated heterocycles. The van der Waals surface area contributed by atoms with Crippen molar-refractivity contribution in [3.8, 4) is 11.4 Å². The van der Waals surface area contributed by atoms with Crippen LogP contribution in [0.1, 0.15) is 45.1 Å². The zero-order chi connectivity index (χ0) is 29.0. The predicted octanol–water partition coefficient (Wildman–Crippen LogP) is 1.36. The van der Waals surface area contributed by atoms with Crippen molar-refractivity contribution in [2.24, 2.45) is 11.5 Å². The summed E-state index contributed by atoms with van der Waals surface area (Å²) in [6, 6.07) is 7.66. The number of amides is 3. The molecule has 1 aliphatic carbocycles. The Labute approximate surface area is 235 Å². The molecule has 0 radical (unpaired) electrons. The number of nitrogens with one attached hydrogen (secondary N) is 1. The fourth-order valence-electron chi connectivity index (χ4n) is 5.33. The molecule has 2 heterocycles. The van der Waals surface area contributed by atoms with E-state index in [-0.39, 0.29) is 17.8 Å². The summed E-state index contributed by atoms with van der Waals surface area (Å²) >= 11 is 0. The Bertz CT molecular complexity index is 1260. The van der Waals surface area contributed by atoms with Crippen LogP contribution in [0.2, 0.25) is 0 Å². The zero-order valence-electron chi connectivity index (χ0n) is 23.9. The molecule has 1 aromatic heterocycles. The Morgan fingerprint density at radius 1 is 1.10 bits per heavy atom. The number of benzene rings is 1. The van der Waals surface area contributed by atoms with Crippen molar-refractivity contribution < 1.29 is 14.3 Å². The lowest BCUT2D eigenvalue weighted by atomic mass is 9.91. The number of ether oxygens (including phenoxy) is 1. The molecular formula is C28H42N8O4. The van der Waals surface area contributed by atoms with Crippen LogP contribution in [0.15, 0.2) is 35.3 Å². The van der Waals surface area contributed by atoms with Crippen molar-refractivity contribution in [2.75, 3.05) is 45.7 Å². The molecule has 1 saturated carbocycles. The number of carbonyl (C=O) groups is 2. The summed E-state index contributed by atoms with van der Waals surface area (Å²) in [6.07, 6.45) is 5.84. The molecule has 2 aromatic rings. The summed E-state index contributed by atoms with van der Waals surface area (Å²) in [5, 5.41) is 2.69. The van der Waals surface area contributed by atoms with Crippen molar-refractivity contribution in [3.63, 3.8) is 0 Å². The molecule has 4 rings (SSSR count). The number of urea groups is 1. The second-order valence-corrected chi connectivity index (χ2v) is 11.4. The van der Waals surface area contributed by atoms with E-state index in [9.17, 15) is 14.4 Å². The zero-order valence-corrected chi connectivity index (χ0v) is 23.9. The first-order valence-electron chi connectivity index (χ1n) is 13.8. The minimum absolute atomic E-state index is 0.149. The molecule has 40 heavy (non-hydrogen) atoms. The van der Waals surface area contributed by atoms with Gasteiger partial charge >= 0.3 is 11.7 Å². The summed E-state index contributed by atoms with van der Waals surface area (Å²) in [5.41, 5.74) is 12.1. The molecule has 0 spiro atoms. The first kappa shape index (κ1) is 29.5. The van der Waals surface area contributed by atoms with Gasteiger partial charge in [0.2, 0.25) is 5.91 Å². The van der Waals surface area contributed by atoms with Crippen LogP contribution in [0.25, 0.3) is 5.69 Å². The first-order chi connectivity index (χ1) is 19.0. The lowest BCUT2D eigenvalue weighted by Crippen LogP contribution is -2.58. The highest BCUT2D eigenvalue weighted by Gasteiger charge is 2.31. The highest BCUT2D eigenvalue weighted by molar-refractivity contribution is 5.89. The second-order valence-electron chi connectivity index (χ2n) is 11.4. The average molecular weight is 555 g/mol. The van der Waals surface area contributed by atoms with Gasteiger partial charge in [-0.2, -0.15) is 4.98 Å². The molecule has 0 bridgehead atoms. The van der Waals surface area contributed by atoms with E-state index < -0.39 is 11.2 Å². The van der Waals surface area contributed by atoms with Gasteiger partial charge < -0.3 is 26.0 Å². The maximum Gasteiger partial charge on any atom is 0.354 e. The highest BCUT2D eigenvalue weighted by Crippen LogP contribution is 2.27. The van der Waals surface area contributed by atoms with E-state index >= 15 is 0 Å². The largest absolute Gasteiger partial charge is 0.496 e. The van der Waals surface area contributed by atoms with Crippen molar-refractivity contribution in [1.82, 2.24) is 24.3 Å². The van der Waals surface area contributed by atoms with Crippen LogP contribution in [-0.2, 0) is 11.3 Å². The third kappa shape index (κ3) is 6.98. The lowest BCUT2D eigenvalue weighted by molar-refractivity contribution is -0.137. The Morgan fingerprint density at radius 3 is 2.35 bits per heavy atom. The molecule has 12 heteroatoms. The van der Waals surface area contributed by atoms with Gasteiger partial charge in [-0.25, -0.2) is 9.59 Å². The molecule has 12 nitrogen and oxygen atoms in total. The number of hydrogen-bond acceptors (Lipinski definition) is 8. The lowest BCUT2D eigenvalue weighted by Gasteiger charge is -2.37. The van der Waals surface area contributed by atoms with E-state index in [1.165, 1.54) is 4.57 Å². The molecule has 0 atom stereocenters. The average Bonchev–Trinajstić information content (AvgIpc) is 2.93. The van der Waals surface area contributed by atoms with E-state index in [4.69, 9.17) is 16.2 Å². The SMILES string of the molecule is COc1cc(-n2ccc(NC(=O)N3CCN(C(=O)C(C)(C)N)CC3)nc2=O)ccc1CN(C)C1CCC(N)CC1. The van der Waals surface area contributed by atoms with Gasteiger partial charge in [0.05, 0.1) is 18.3 Å². The predicted molar refractivity (Wildman–Crippen MR) is 154 cm³/mol. The number of hydrogen-bond donors (Lipinski definition) is 3. The van der Waals surface area contributed by atoms with Crippen LogP contribution in [0.5, 0.6) is 5.75 Å². The molecule has 2 fully saturated rings. The Kier molecular flexibility index (Phi) is 9.12. The maximum absolute atomic E-state index is 12.9. The summed E-state index contributed by atoms with van der Waals surface area (Å²) in [4.78, 5) is 47.7. The van der Waals surface area contributed by atoms with Gasteiger partial charge in [0, 0.05) is 62.6 Å². The van der Waals surface area contributed by atoms with E-state index in [2.05, 4.69) is 22.2 Å². The van der Waals surface area contributed by atoms with Crippen LogP contribution in [0.4, 0.5) is 10.6 Å². The molecule has 5 N–H and O–H groups in total. The fraction of sp³-hybridized carbons (Fsp3) is 0.571. The number of anilines is 1. The van der Waals surface area contributed by atoms with E-state index in [1.807, 2.05) is 18.2 Å². The van der Waals surface area contributed by atoms with E-state index in [1.54, 1.807) is 43.0 Å². The molecule has 218 valence electrons. The minimum atomic E-state index is -0.955. The van der Waals surface area contributed by atoms with Gasteiger partial charge in [0.25, 0.3) is 0 Å². The standard InChI is InChI=1S/C28H42N8O4/c1-28(2,30)25(37)34-13-15-35(16-14-34)26(38)31-24-11-12-36(27(39)32-24)22-8-5-19(23(17-22)40-4)18-33(3)21-9-6-20(29)7-10-21/h5,8,11-12,17,20-21H,6-7,9-10,13-16,18,29-30H2,1-4H3,(H,31,32,38,39). The number of methoxy groups -OCH3 is 1. The number of carbonyl (C=O) groups excluding carboxylic acids is 2. The Balaban J connectivity index is 1.38. The van der Waals surface area contributed by atoms with E-state index in [0.717, 1.165) is 37.8 Å². The van der Waals surface area contributed by atoms with Crippen LogP contribution < -0.4 is 27.2 Å². The number of nitrogens with zero attached hydrogens (tertiary/aromatic N) is 5. The van der Waals surface area contributed by atoms with Crippen molar-refractivity contribution in [2.45, 2.75) is 63.7 Å². The van der Waals surface area contributed by atoms with E-state index in [0.29, 0.717) is 49.7 Å². The second kappa shape index (κ2) is 12.4. The summed E-state index contributed by atoms with van der Waals surface area (Å²) < 4.78 is 7.07. The van der Waals surface area contributed by atoms with Gasteiger partial charge in [0.1, 0.15) is 11.6 Å². The third-order valence-corrected chi connectivity index (χ3v) is 7.78. The molecule has 1 aliphatic heterocycles. The molecule has 3 amide bonds. The highest BCUT2D eigenvalue weighted by atomic mass is 16.5. The van der Waals surface area contributed by atoms with Crippen LogP contribution >= 0.6 is 0 Å². The number of rotatable bonds is 7. The summed E-state index contributed by atoms with van der Waals surface area (Å²) in [5.74, 6) is 0.700. The molecule has 0 unspecified atom stereocenters. The Hall–Kier alpha value is -3.48. The molecule has 2 aliphatic rings. The van der Waals surface area contributed by atoms with Crippen molar-refractivity contribution >= 4 is 17.8 Å². The van der Waals surface area contributed by atoms with Crippen molar-refractivity contribution in [3.05, 3.63) is 46.5 Å². The number of aromatic nitrogens is 2. The van der Waals surface area contributed by atoms with Gasteiger partial charge in [-0.15, -0.1) is 0 Å². The first-order valence-corrected chi connectivity index (χ1v) is 13.8.